The number of nitrogens with one attached hydrogen (secondary N) is 1. The van der Waals surface area contributed by atoms with Crippen molar-refractivity contribution in [3.05, 3.63) is 17.8 Å². The largest absolute Gasteiger partial charge is 0.444 e. The summed E-state index contributed by atoms with van der Waals surface area (Å²) in [6, 6.07) is -0.979. The topological polar surface area (TPSA) is 90.4 Å². The van der Waals surface area contributed by atoms with E-state index < -0.39 is 6.04 Å². The maximum absolute atomic E-state index is 11.5. The molecular weight excluding hydrogens is 210 g/mol. The number of methoxy groups -OCH3 is 1. The predicted octanol–water partition coefficient (Wildman–Crippen LogP) is 0.134. The normalized spacial score (nSPS) is 14.5. The molecule has 0 radical (unpaired) electrons. The Morgan fingerprint density at radius 3 is 2.94 bits per heavy atom. The molecule has 0 aromatic carbocycles. The third-order valence-corrected chi connectivity index (χ3v) is 2.05. The Morgan fingerprint density at radius 1 is 1.75 bits per heavy atom. The molecule has 0 aliphatic heterocycles. The van der Waals surface area contributed by atoms with E-state index in [1.54, 1.807) is 20.0 Å². The number of carbonyl (C=O) groups is 1. The number of aromatic nitrogens is 1. The Balaban J connectivity index is 2.51. The summed E-state index contributed by atoms with van der Waals surface area (Å²) in [6.45, 7) is 3.76. The highest BCUT2D eigenvalue weighted by Crippen LogP contribution is 2.11. The van der Waals surface area contributed by atoms with Crippen molar-refractivity contribution < 1.29 is 13.9 Å². The average molecular weight is 227 g/mol. The van der Waals surface area contributed by atoms with Gasteiger partial charge in [0, 0.05) is 7.11 Å². The molecule has 1 aromatic rings. The molecular formula is C10H17N3O3. The van der Waals surface area contributed by atoms with Gasteiger partial charge < -0.3 is 20.2 Å². The zero-order valence-corrected chi connectivity index (χ0v) is 9.69. The highest BCUT2D eigenvalue weighted by Gasteiger charge is 2.18. The summed E-state index contributed by atoms with van der Waals surface area (Å²) < 4.78 is 10.1. The van der Waals surface area contributed by atoms with Crippen LogP contribution < -0.4 is 11.1 Å². The molecule has 1 aromatic heterocycles. The summed E-state index contributed by atoms with van der Waals surface area (Å²) in [5.74, 6) is 0.887. The first kappa shape index (κ1) is 12.7. The lowest BCUT2D eigenvalue weighted by Crippen LogP contribution is -2.44. The van der Waals surface area contributed by atoms with Gasteiger partial charge in [-0.2, -0.15) is 0 Å². The number of nitrogens with two attached hydrogens (primary N) is 1. The van der Waals surface area contributed by atoms with Gasteiger partial charge in [-0.15, -0.1) is 0 Å². The number of nitrogens with zero attached hydrogens (tertiary/aromatic N) is 1. The summed E-state index contributed by atoms with van der Waals surface area (Å²) in [5, 5.41) is 2.69. The van der Waals surface area contributed by atoms with E-state index in [1.165, 1.54) is 7.11 Å². The first-order chi connectivity index (χ1) is 7.54. The van der Waals surface area contributed by atoms with Gasteiger partial charge in [0.2, 0.25) is 11.8 Å². The maximum Gasteiger partial charge on any atom is 0.239 e. The van der Waals surface area contributed by atoms with Gasteiger partial charge in [-0.3, -0.25) is 4.79 Å². The molecule has 2 atom stereocenters. The third kappa shape index (κ3) is 3.32. The zero-order chi connectivity index (χ0) is 12.1. The fraction of sp³-hybridized carbons (Fsp3) is 0.600. The van der Waals surface area contributed by atoms with Gasteiger partial charge in [-0.25, -0.2) is 4.98 Å². The molecule has 3 N–H and O–H groups in total. The second-order valence-electron chi connectivity index (χ2n) is 3.60. The Morgan fingerprint density at radius 2 is 2.44 bits per heavy atom. The van der Waals surface area contributed by atoms with Crippen LogP contribution in [0.1, 0.15) is 24.6 Å². The van der Waals surface area contributed by atoms with E-state index in [0.29, 0.717) is 11.7 Å². The number of rotatable bonds is 5. The molecule has 1 amide bonds. The fourth-order valence-corrected chi connectivity index (χ4v) is 1.21. The minimum atomic E-state index is -0.677. The van der Waals surface area contributed by atoms with Crippen LogP contribution in [0.25, 0.3) is 0 Å². The maximum atomic E-state index is 11.5. The second kappa shape index (κ2) is 5.62. The summed E-state index contributed by atoms with van der Waals surface area (Å²) in [5.41, 5.74) is 5.57. The van der Waals surface area contributed by atoms with Crippen LogP contribution in [0.5, 0.6) is 0 Å². The number of hydrogen-bond acceptors (Lipinski definition) is 5. The molecule has 0 aliphatic carbocycles. The van der Waals surface area contributed by atoms with Gasteiger partial charge in [0.25, 0.3) is 0 Å². The predicted molar refractivity (Wildman–Crippen MR) is 57.6 cm³/mol. The highest BCUT2D eigenvalue weighted by atomic mass is 16.5. The van der Waals surface area contributed by atoms with Crippen LogP contribution >= 0.6 is 0 Å². The molecule has 0 aliphatic rings. The van der Waals surface area contributed by atoms with Gasteiger partial charge in [-0.1, -0.05) is 0 Å². The summed E-state index contributed by atoms with van der Waals surface area (Å²) in [7, 11) is 1.49. The lowest BCUT2D eigenvalue weighted by Gasteiger charge is -2.14. The number of aryl methyl sites for hydroxylation is 1. The Kier molecular flexibility index (Phi) is 4.45. The minimum Gasteiger partial charge on any atom is -0.444 e. The first-order valence-electron chi connectivity index (χ1n) is 5.01. The SMILES string of the molecule is COCC(N)C(=O)NC(C)c1ncc(C)o1. The molecule has 0 bridgehead atoms. The standard InChI is InChI=1S/C10H17N3O3/c1-6-4-12-10(16-6)7(2)13-9(14)8(11)5-15-3/h4,7-8H,5,11H2,1-3H3,(H,13,14). The number of amides is 1. The van der Waals surface area contributed by atoms with Crippen molar-refractivity contribution in [2.45, 2.75) is 25.9 Å². The molecule has 1 rings (SSSR count). The molecule has 2 unspecified atom stereocenters. The number of hydrogen-bond donors (Lipinski definition) is 2. The Bertz CT molecular complexity index is 351. The highest BCUT2D eigenvalue weighted by molar-refractivity contribution is 5.81. The van der Waals surface area contributed by atoms with Gasteiger partial charge in [0.1, 0.15) is 17.8 Å². The molecule has 0 fully saturated rings. The van der Waals surface area contributed by atoms with E-state index in [1.807, 2.05) is 0 Å². The van der Waals surface area contributed by atoms with Gasteiger partial charge in [0.15, 0.2) is 0 Å². The second-order valence-corrected chi connectivity index (χ2v) is 3.60. The first-order valence-corrected chi connectivity index (χ1v) is 5.01. The fourth-order valence-electron chi connectivity index (χ4n) is 1.21. The van der Waals surface area contributed by atoms with Crippen LogP contribution in [-0.4, -0.2) is 30.6 Å². The quantitative estimate of drug-likeness (QED) is 0.746. The van der Waals surface area contributed by atoms with Gasteiger partial charge in [0.05, 0.1) is 12.8 Å². The van der Waals surface area contributed by atoms with E-state index in [4.69, 9.17) is 14.9 Å². The van der Waals surface area contributed by atoms with E-state index >= 15 is 0 Å². The van der Waals surface area contributed by atoms with Crippen molar-refractivity contribution >= 4 is 5.91 Å². The molecule has 90 valence electrons. The van der Waals surface area contributed by atoms with E-state index in [-0.39, 0.29) is 18.6 Å². The van der Waals surface area contributed by atoms with Crippen LogP contribution in [0.2, 0.25) is 0 Å². The van der Waals surface area contributed by atoms with Crippen LogP contribution in [0, 0.1) is 6.92 Å². The summed E-state index contributed by atoms with van der Waals surface area (Å²) in [6.07, 6.45) is 1.60. The van der Waals surface area contributed by atoms with Crippen LogP contribution in [0.4, 0.5) is 0 Å². The smallest absolute Gasteiger partial charge is 0.239 e. The van der Waals surface area contributed by atoms with Crippen LogP contribution in [-0.2, 0) is 9.53 Å². The van der Waals surface area contributed by atoms with Crippen molar-refractivity contribution in [3.8, 4) is 0 Å². The molecule has 0 saturated heterocycles. The van der Waals surface area contributed by atoms with E-state index in [2.05, 4.69) is 10.3 Å². The Hall–Kier alpha value is -1.40. The van der Waals surface area contributed by atoms with Gasteiger partial charge >= 0.3 is 0 Å². The van der Waals surface area contributed by atoms with Crippen LogP contribution in [0.3, 0.4) is 0 Å². The zero-order valence-electron chi connectivity index (χ0n) is 9.69. The van der Waals surface area contributed by atoms with Crippen molar-refractivity contribution in [3.63, 3.8) is 0 Å². The average Bonchev–Trinajstić information content (AvgIpc) is 2.65. The molecule has 0 spiro atoms. The van der Waals surface area contributed by atoms with Crippen LogP contribution in [0.15, 0.2) is 10.6 Å². The molecule has 6 nitrogen and oxygen atoms in total. The number of carbonyl (C=O) groups excluding carboxylic acids is 1. The number of oxazole rings is 1. The summed E-state index contributed by atoms with van der Waals surface area (Å²) in [4.78, 5) is 15.6. The lowest BCUT2D eigenvalue weighted by molar-refractivity contribution is -0.124. The van der Waals surface area contributed by atoms with Gasteiger partial charge in [-0.05, 0) is 13.8 Å². The van der Waals surface area contributed by atoms with Crippen molar-refractivity contribution in [1.29, 1.82) is 0 Å². The Labute approximate surface area is 94.2 Å². The molecule has 6 heteroatoms. The molecule has 0 saturated carbocycles. The van der Waals surface area contributed by atoms with Crippen molar-refractivity contribution in [1.82, 2.24) is 10.3 Å². The van der Waals surface area contributed by atoms with Crippen molar-refractivity contribution in [2.75, 3.05) is 13.7 Å². The molecule has 1 heterocycles. The number of ether oxygens (including phenoxy) is 1. The lowest BCUT2D eigenvalue weighted by atomic mass is 10.2. The summed E-state index contributed by atoms with van der Waals surface area (Å²) >= 11 is 0. The monoisotopic (exact) mass is 227 g/mol. The minimum absolute atomic E-state index is 0.184. The third-order valence-electron chi connectivity index (χ3n) is 2.05. The van der Waals surface area contributed by atoms with E-state index in [0.717, 1.165) is 0 Å². The molecule has 16 heavy (non-hydrogen) atoms. The van der Waals surface area contributed by atoms with E-state index in [9.17, 15) is 4.79 Å². The van der Waals surface area contributed by atoms with Crippen molar-refractivity contribution in [2.24, 2.45) is 5.73 Å².